The summed E-state index contributed by atoms with van der Waals surface area (Å²) in [4.78, 5) is 36.2. The summed E-state index contributed by atoms with van der Waals surface area (Å²) in [7, 11) is 1.29. The van der Waals surface area contributed by atoms with Crippen LogP contribution in [0.2, 0.25) is 0 Å². The standard InChI is InChI=1S/C24H30N2O5/c1-15-13-19(31-14-21(27)30-6)11-12-20(15)26-22(28)16(2)25-23(29)17-7-9-18(10-8-17)24(3,4)5/h7-13,16H,14H2,1-6H3,(H,25,29)(H,26,28). The summed E-state index contributed by atoms with van der Waals surface area (Å²) in [5.74, 6) is -0.647. The number of nitrogens with one attached hydrogen (secondary N) is 2. The predicted molar refractivity (Wildman–Crippen MR) is 119 cm³/mol. The second kappa shape index (κ2) is 10.1. The summed E-state index contributed by atoms with van der Waals surface area (Å²) in [6, 6.07) is 11.7. The SMILES string of the molecule is COC(=O)COc1ccc(NC(=O)C(C)NC(=O)c2ccc(C(C)(C)C)cc2)c(C)c1. The van der Waals surface area contributed by atoms with Crippen LogP contribution >= 0.6 is 0 Å². The lowest BCUT2D eigenvalue weighted by molar-refractivity contribution is -0.142. The van der Waals surface area contributed by atoms with Gasteiger partial charge in [-0.15, -0.1) is 0 Å². The van der Waals surface area contributed by atoms with E-state index >= 15 is 0 Å². The van der Waals surface area contributed by atoms with Crippen LogP contribution < -0.4 is 15.4 Å². The second-order valence-corrected chi connectivity index (χ2v) is 8.35. The number of methoxy groups -OCH3 is 1. The van der Waals surface area contributed by atoms with Gasteiger partial charge in [0.25, 0.3) is 5.91 Å². The Kier molecular flexibility index (Phi) is 7.80. The van der Waals surface area contributed by atoms with E-state index in [0.717, 1.165) is 11.1 Å². The Labute approximate surface area is 183 Å². The monoisotopic (exact) mass is 426 g/mol. The van der Waals surface area contributed by atoms with Crippen molar-refractivity contribution in [1.82, 2.24) is 5.32 Å². The van der Waals surface area contributed by atoms with Crippen molar-refractivity contribution >= 4 is 23.5 Å². The molecule has 2 aromatic carbocycles. The van der Waals surface area contributed by atoms with Crippen molar-refractivity contribution in [3.8, 4) is 5.75 Å². The van der Waals surface area contributed by atoms with Gasteiger partial charge in [0, 0.05) is 11.3 Å². The summed E-state index contributed by atoms with van der Waals surface area (Å²) in [6.07, 6.45) is 0. The molecule has 2 N–H and O–H groups in total. The predicted octanol–water partition coefficient (Wildman–Crippen LogP) is 3.60. The number of rotatable bonds is 7. The van der Waals surface area contributed by atoms with Gasteiger partial charge in [-0.1, -0.05) is 32.9 Å². The molecule has 7 heteroatoms. The third kappa shape index (κ3) is 6.84. The van der Waals surface area contributed by atoms with E-state index in [1.165, 1.54) is 7.11 Å². The molecular formula is C24H30N2O5. The highest BCUT2D eigenvalue weighted by Crippen LogP contribution is 2.23. The number of carbonyl (C=O) groups is 3. The number of hydrogen-bond acceptors (Lipinski definition) is 5. The average Bonchev–Trinajstić information content (AvgIpc) is 2.72. The lowest BCUT2D eigenvalue weighted by Gasteiger charge is -2.19. The van der Waals surface area contributed by atoms with Crippen molar-refractivity contribution in [3.63, 3.8) is 0 Å². The third-order valence-electron chi connectivity index (χ3n) is 4.79. The second-order valence-electron chi connectivity index (χ2n) is 8.35. The van der Waals surface area contributed by atoms with Crippen LogP contribution in [0.3, 0.4) is 0 Å². The van der Waals surface area contributed by atoms with Gasteiger partial charge in [-0.25, -0.2) is 4.79 Å². The maximum absolute atomic E-state index is 12.5. The summed E-state index contributed by atoms with van der Waals surface area (Å²) >= 11 is 0. The van der Waals surface area contributed by atoms with Gasteiger partial charge in [-0.2, -0.15) is 0 Å². The zero-order valence-electron chi connectivity index (χ0n) is 18.9. The van der Waals surface area contributed by atoms with Gasteiger partial charge in [0.1, 0.15) is 11.8 Å². The van der Waals surface area contributed by atoms with Gasteiger partial charge < -0.3 is 20.1 Å². The fraction of sp³-hybridized carbons (Fsp3) is 0.375. The van der Waals surface area contributed by atoms with Crippen LogP contribution in [0.15, 0.2) is 42.5 Å². The first-order valence-electron chi connectivity index (χ1n) is 10.0. The molecule has 2 rings (SSSR count). The van der Waals surface area contributed by atoms with E-state index in [1.54, 1.807) is 44.2 Å². The molecule has 0 aromatic heterocycles. The lowest BCUT2D eigenvalue weighted by Crippen LogP contribution is -2.41. The fourth-order valence-corrected chi connectivity index (χ4v) is 2.78. The number of benzene rings is 2. The Morgan fingerprint density at radius 2 is 1.68 bits per heavy atom. The molecule has 2 aromatic rings. The number of hydrogen-bond donors (Lipinski definition) is 2. The topological polar surface area (TPSA) is 93.7 Å². The number of anilines is 1. The van der Waals surface area contributed by atoms with Crippen molar-refractivity contribution in [2.24, 2.45) is 0 Å². The lowest BCUT2D eigenvalue weighted by atomic mass is 9.86. The van der Waals surface area contributed by atoms with Crippen LogP contribution in [0.25, 0.3) is 0 Å². The summed E-state index contributed by atoms with van der Waals surface area (Å²) in [6.45, 7) is 9.55. The van der Waals surface area contributed by atoms with E-state index in [-0.39, 0.29) is 23.8 Å². The van der Waals surface area contributed by atoms with Gasteiger partial charge >= 0.3 is 5.97 Å². The molecule has 0 heterocycles. The Morgan fingerprint density at radius 1 is 1.03 bits per heavy atom. The van der Waals surface area contributed by atoms with Gasteiger partial charge in [-0.3, -0.25) is 9.59 Å². The van der Waals surface area contributed by atoms with Crippen LogP contribution in [-0.4, -0.2) is 37.5 Å². The van der Waals surface area contributed by atoms with E-state index in [0.29, 0.717) is 17.0 Å². The fourth-order valence-electron chi connectivity index (χ4n) is 2.78. The Morgan fingerprint density at radius 3 is 2.23 bits per heavy atom. The van der Waals surface area contributed by atoms with Crippen molar-refractivity contribution in [1.29, 1.82) is 0 Å². The molecule has 0 saturated carbocycles. The molecule has 1 atom stereocenters. The molecule has 0 saturated heterocycles. The van der Waals surface area contributed by atoms with E-state index in [1.807, 2.05) is 12.1 Å². The highest BCUT2D eigenvalue weighted by molar-refractivity contribution is 6.01. The van der Waals surface area contributed by atoms with Crippen LogP contribution in [0.5, 0.6) is 5.75 Å². The maximum atomic E-state index is 12.5. The minimum Gasteiger partial charge on any atom is -0.482 e. The van der Waals surface area contributed by atoms with Gasteiger partial charge in [-0.05, 0) is 60.7 Å². The van der Waals surface area contributed by atoms with Crippen molar-refractivity contribution < 1.29 is 23.9 Å². The van der Waals surface area contributed by atoms with Crippen LogP contribution in [0.4, 0.5) is 5.69 Å². The van der Waals surface area contributed by atoms with Gasteiger partial charge in [0.05, 0.1) is 7.11 Å². The minimum atomic E-state index is -0.732. The van der Waals surface area contributed by atoms with Crippen LogP contribution in [0, 0.1) is 6.92 Å². The van der Waals surface area contributed by atoms with E-state index in [9.17, 15) is 14.4 Å². The molecule has 0 aliphatic rings. The molecular weight excluding hydrogens is 396 g/mol. The normalized spacial score (nSPS) is 11.9. The zero-order valence-corrected chi connectivity index (χ0v) is 18.9. The summed E-state index contributed by atoms with van der Waals surface area (Å²) in [5, 5.41) is 5.52. The number of ether oxygens (including phenoxy) is 2. The molecule has 0 radical (unpaired) electrons. The molecule has 0 bridgehead atoms. The Hall–Kier alpha value is -3.35. The van der Waals surface area contributed by atoms with Gasteiger partial charge in [0.2, 0.25) is 5.91 Å². The van der Waals surface area contributed by atoms with Crippen molar-refractivity contribution in [3.05, 3.63) is 59.2 Å². The van der Waals surface area contributed by atoms with Crippen molar-refractivity contribution in [2.75, 3.05) is 19.0 Å². The molecule has 0 fully saturated rings. The largest absolute Gasteiger partial charge is 0.482 e. The summed E-state index contributed by atoms with van der Waals surface area (Å²) in [5.41, 5.74) is 2.97. The first-order valence-corrected chi connectivity index (χ1v) is 10.0. The third-order valence-corrected chi connectivity index (χ3v) is 4.79. The average molecular weight is 427 g/mol. The maximum Gasteiger partial charge on any atom is 0.343 e. The molecule has 31 heavy (non-hydrogen) atoms. The van der Waals surface area contributed by atoms with Gasteiger partial charge in [0.15, 0.2) is 6.61 Å². The number of esters is 1. The first-order chi connectivity index (χ1) is 14.5. The molecule has 7 nitrogen and oxygen atoms in total. The molecule has 0 aliphatic heterocycles. The molecule has 0 aliphatic carbocycles. The van der Waals surface area contributed by atoms with E-state index < -0.39 is 12.0 Å². The molecule has 1 unspecified atom stereocenters. The Balaban J connectivity index is 1.96. The minimum absolute atomic E-state index is 0.0000587. The highest BCUT2D eigenvalue weighted by Gasteiger charge is 2.19. The number of amides is 2. The number of carbonyl (C=O) groups excluding carboxylic acids is 3. The quantitative estimate of drug-likeness (QED) is 0.660. The summed E-state index contributed by atoms with van der Waals surface area (Å²) < 4.78 is 9.87. The smallest absolute Gasteiger partial charge is 0.343 e. The first kappa shape index (κ1) is 23.9. The van der Waals surface area contributed by atoms with Crippen molar-refractivity contribution in [2.45, 2.75) is 46.1 Å². The Bertz CT molecular complexity index is 945. The zero-order chi connectivity index (χ0) is 23.2. The molecule has 2 amide bonds. The van der Waals surface area contributed by atoms with Crippen LogP contribution in [-0.2, 0) is 19.7 Å². The molecule has 0 spiro atoms. The van der Waals surface area contributed by atoms with Crippen LogP contribution in [0.1, 0.15) is 49.2 Å². The number of aryl methyl sites for hydroxylation is 1. The van der Waals surface area contributed by atoms with E-state index in [2.05, 4.69) is 36.1 Å². The van der Waals surface area contributed by atoms with E-state index in [4.69, 9.17) is 4.74 Å². The highest BCUT2D eigenvalue weighted by atomic mass is 16.6. The molecule has 166 valence electrons.